The first-order valence-electron chi connectivity index (χ1n) is 5.70. The predicted molar refractivity (Wildman–Crippen MR) is 65.0 cm³/mol. The van der Waals surface area contributed by atoms with Crippen LogP contribution in [0.4, 0.5) is 0 Å². The highest BCUT2D eigenvalue weighted by atomic mass is 16.5. The molecule has 1 aromatic rings. The number of hydrogen-bond donors (Lipinski definition) is 1. The molecule has 1 N–H and O–H groups in total. The van der Waals surface area contributed by atoms with Crippen molar-refractivity contribution in [1.82, 2.24) is 10.2 Å². The molecule has 0 amide bonds. The van der Waals surface area contributed by atoms with Gasteiger partial charge in [-0.3, -0.25) is 5.10 Å². The van der Waals surface area contributed by atoms with Gasteiger partial charge in [-0.1, -0.05) is 12.7 Å². The average molecular weight is 218 g/mol. The maximum atomic E-state index is 5.78. The molecule has 2 rings (SSSR count). The Kier molecular flexibility index (Phi) is 3.13. The van der Waals surface area contributed by atoms with Crippen LogP contribution < -0.4 is 10.6 Å². The van der Waals surface area contributed by atoms with E-state index in [0.717, 1.165) is 34.5 Å². The third-order valence-corrected chi connectivity index (χ3v) is 2.84. The molecule has 1 aliphatic carbocycles. The summed E-state index contributed by atoms with van der Waals surface area (Å²) in [6.07, 6.45) is 6.29. The van der Waals surface area contributed by atoms with Gasteiger partial charge in [0.15, 0.2) is 0 Å². The topological polar surface area (TPSA) is 37.9 Å². The lowest BCUT2D eigenvalue weighted by Crippen LogP contribution is -2.27. The van der Waals surface area contributed by atoms with Gasteiger partial charge < -0.3 is 4.74 Å². The first kappa shape index (κ1) is 11.0. The van der Waals surface area contributed by atoms with Crippen molar-refractivity contribution < 1.29 is 4.74 Å². The van der Waals surface area contributed by atoms with Gasteiger partial charge in [0.05, 0.1) is 22.9 Å². The molecule has 1 aliphatic rings. The number of hydrogen-bond acceptors (Lipinski definition) is 2. The molecule has 0 unspecified atom stereocenters. The molecule has 0 aromatic carbocycles. The van der Waals surface area contributed by atoms with Crippen LogP contribution in [0.1, 0.15) is 25.5 Å². The number of H-pyrrole nitrogens is 1. The minimum absolute atomic E-state index is 0.772. The van der Waals surface area contributed by atoms with Gasteiger partial charge in [-0.15, -0.1) is 0 Å². The van der Waals surface area contributed by atoms with Crippen LogP contribution in [-0.2, 0) is 4.74 Å². The summed E-state index contributed by atoms with van der Waals surface area (Å²) < 4.78 is 5.78. The highest BCUT2D eigenvalue weighted by Gasteiger charge is 2.21. The summed E-state index contributed by atoms with van der Waals surface area (Å²) >= 11 is 0. The molecule has 1 aromatic heterocycles. The van der Waals surface area contributed by atoms with Crippen molar-refractivity contribution in [3.63, 3.8) is 0 Å². The number of nitrogens with zero attached hydrogens (tertiary/aromatic N) is 1. The molecule has 3 nitrogen and oxygen atoms in total. The zero-order chi connectivity index (χ0) is 11.5. The molecule has 0 bridgehead atoms. The van der Waals surface area contributed by atoms with Gasteiger partial charge in [-0.2, -0.15) is 5.10 Å². The number of aromatic nitrogens is 2. The van der Waals surface area contributed by atoms with E-state index in [4.69, 9.17) is 4.74 Å². The monoisotopic (exact) mass is 218 g/mol. The van der Waals surface area contributed by atoms with Crippen LogP contribution in [0.25, 0.3) is 11.8 Å². The number of allylic oxidation sites excluding steroid dienone is 1. The maximum Gasteiger partial charge on any atom is 0.104 e. The Morgan fingerprint density at radius 2 is 2.38 bits per heavy atom. The fraction of sp³-hybridized carbons (Fsp3) is 0.462. The van der Waals surface area contributed by atoms with Crippen molar-refractivity contribution in [1.29, 1.82) is 0 Å². The van der Waals surface area contributed by atoms with E-state index >= 15 is 0 Å². The molecule has 0 radical (unpaired) electrons. The SMILES string of the molecule is C=C/C=c1/[nH]nc(C)/c1=C(/C)OCC1CC1. The van der Waals surface area contributed by atoms with Crippen molar-refractivity contribution in [2.24, 2.45) is 5.92 Å². The number of aryl methyl sites for hydroxylation is 1. The zero-order valence-electron chi connectivity index (χ0n) is 9.92. The fourth-order valence-electron chi connectivity index (χ4n) is 1.73. The van der Waals surface area contributed by atoms with Crippen LogP contribution >= 0.6 is 0 Å². The number of ether oxygens (including phenoxy) is 1. The summed E-state index contributed by atoms with van der Waals surface area (Å²) in [5.74, 6) is 1.72. The molecule has 0 aliphatic heterocycles. The van der Waals surface area contributed by atoms with E-state index in [2.05, 4.69) is 16.8 Å². The second kappa shape index (κ2) is 4.56. The lowest BCUT2D eigenvalue weighted by molar-refractivity contribution is 0.254. The highest BCUT2D eigenvalue weighted by Crippen LogP contribution is 2.29. The molecule has 0 saturated heterocycles. The largest absolute Gasteiger partial charge is 0.497 e. The van der Waals surface area contributed by atoms with E-state index in [0.29, 0.717) is 0 Å². The van der Waals surface area contributed by atoms with Gasteiger partial charge in [-0.05, 0) is 38.7 Å². The van der Waals surface area contributed by atoms with E-state index in [1.165, 1.54) is 12.8 Å². The molecule has 3 heteroatoms. The summed E-state index contributed by atoms with van der Waals surface area (Å²) in [6, 6.07) is 0. The van der Waals surface area contributed by atoms with E-state index in [9.17, 15) is 0 Å². The normalized spacial score (nSPS) is 18.5. The van der Waals surface area contributed by atoms with Crippen molar-refractivity contribution in [3.05, 3.63) is 28.9 Å². The van der Waals surface area contributed by atoms with Crippen molar-refractivity contribution in [3.8, 4) is 0 Å². The summed E-state index contributed by atoms with van der Waals surface area (Å²) in [5, 5.41) is 9.22. The third-order valence-electron chi connectivity index (χ3n) is 2.84. The third kappa shape index (κ3) is 2.35. The maximum absolute atomic E-state index is 5.78. The standard InChI is InChI=1S/C13H18N2O/c1-4-5-12-13(9(2)14-15-12)10(3)16-8-11-6-7-11/h4-5,11,15H,1,6-8H2,2-3H3/b12-5+,13-10+. The molecule has 86 valence electrons. The first-order valence-corrected chi connectivity index (χ1v) is 5.70. The zero-order valence-corrected chi connectivity index (χ0v) is 9.92. The van der Waals surface area contributed by atoms with E-state index in [1.54, 1.807) is 6.08 Å². The number of nitrogens with one attached hydrogen (secondary N) is 1. The average Bonchev–Trinajstić information content (AvgIpc) is 3.01. The first-order chi connectivity index (χ1) is 7.72. The van der Waals surface area contributed by atoms with E-state index in [-0.39, 0.29) is 0 Å². The minimum Gasteiger partial charge on any atom is -0.497 e. The Hall–Kier alpha value is -1.51. The quantitative estimate of drug-likeness (QED) is 0.825. The summed E-state index contributed by atoms with van der Waals surface area (Å²) in [5.41, 5.74) is 0.974. The molecule has 1 saturated carbocycles. The predicted octanol–water partition coefficient (Wildman–Crippen LogP) is 1.24. The lowest BCUT2D eigenvalue weighted by Gasteiger charge is -2.04. The van der Waals surface area contributed by atoms with Crippen LogP contribution in [0.2, 0.25) is 0 Å². The Balaban J connectivity index is 2.34. The summed E-state index contributed by atoms with van der Waals surface area (Å²) in [7, 11) is 0. The van der Waals surface area contributed by atoms with Crippen LogP contribution in [0.5, 0.6) is 0 Å². The smallest absolute Gasteiger partial charge is 0.104 e. The van der Waals surface area contributed by atoms with Crippen LogP contribution in [0.15, 0.2) is 12.7 Å². The minimum atomic E-state index is 0.772. The molecule has 1 fully saturated rings. The lowest BCUT2D eigenvalue weighted by atomic mass is 10.3. The van der Waals surface area contributed by atoms with E-state index in [1.807, 2.05) is 19.9 Å². The van der Waals surface area contributed by atoms with Crippen LogP contribution in [0, 0.1) is 12.8 Å². The molecule has 0 atom stereocenters. The van der Waals surface area contributed by atoms with Gasteiger partial charge in [0.1, 0.15) is 5.76 Å². The van der Waals surface area contributed by atoms with Crippen molar-refractivity contribution in [2.75, 3.05) is 6.61 Å². The Bertz CT molecular complexity index is 494. The van der Waals surface area contributed by atoms with E-state index < -0.39 is 0 Å². The molecule has 1 heterocycles. The van der Waals surface area contributed by atoms with Gasteiger partial charge in [-0.25, -0.2) is 0 Å². The van der Waals surface area contributed by atoms with Crippen LogP contribution in [-0.4, -0.2) is 16.8 Å². The van der Waals surface area contributed by atoms with Crippen LogP contribution in [0.3, 0.4) is 0 Å². The van der Waals surface area contributed by atoms with Gasteiger partial charge >= 0.3 is 0 Å². The Morgan fingerprint density at radius 1 is 1.62 bits per heavy atom. The number of aromatic amines is 1. The molecular weight excluding hydrogens is 200 g/mol. The van der Waals surface area contributed by atoms with Crippen molar-refractivity contribution >= 4 is 11.8 Å². The molecular formula is C13H18N2O. The fourth-order valence-corrected chi connectivity index (χ4v) is 1.73. The molecule has 0 spiro atoms. The second-order valence-electron chi connectivity index (χ2n) is 4.31. The Morgan fingerprint density at radius 3 is 3.00 bits per heavy atom. The Labute approximate surface area is 95.5 Å². The summed E-state index contributed by atoms with van der Waals surface area (Å²) in [6.45, 7) is 8.52. The van der Waals surface area contributed by atoms with Crippen molar-refractivity contribution in [2.45, 2.75) is 26.7 Å². The molecule has 16 heavy (non-hydrogen) atoms. The van der Waals surface area contributed by atoms with Gasteiger partial charge in [0.25, 0.3) is 0 Å². The number of rotatable bonds is 4. The van der Waals surface area contributed by atoms with Gasteiger partial charge in [0, 0.05) is 0 Å². The highest BCUT2D eigenvalue weighted by molar-refractivity contribution is 5.40. The summed E-state index contributed by atoms with van der Waals surface area (Å²) in [4.78, 5) is 0. The second-order valence-corrected chi connectivity index (χ2v) is 4.31. The van der Waals surface area contributed by atoms with Gasteiger partial charge in [0.2, 0.25) is 0 Å².